The normalized spacial score (nSPS) is 28.4. The molecule has 0 N–H and O–H groups in total. The number of hydrogen-bond acceptors (Lipinski definition) is 6. The maximum atomic E-state index is 12.9. The van der Waals surface area contributed by atoms with E-state index in [1.54, 1.807) is 12.4 Å². The first kappa shape index (κ1) is 18.3. The molecule has 2 bridgehead atoms. The molecule has 0 radical (unpaired) electrons. The SMILES string of the molecule is CN1CCN(C(=O)C2CC3CN(C(=O)CCc4cncnc4)CC2O3)CC1. The van der Waals surface area contributed by atoms with E-state index in [9.17, 15) is 9.59 Å². The van der Waals surface area contributed by atoms with Gasteiger partial charge in [0.2, 0.25) is 11.8 Å². The van der Waals surface area contributed by atoms with E-state index in [2.05, 4.69) is 21.9 Å². The topological polar surface area (TPSA) is 78.9 Å². The molecule has 1 aromatic heterocycles. The van der Waals surface area contributed by atoms with E-state index < -0.39 is 0 Å². The highest BCUT2D eigenvalue weighted by Gasteiger charge is 2.46. The lowest BCUT2D eigenvalue weighted by Crippen LogP contribution is -2.51. The van der Waals surface area contributed by atoms with E-state index in [1.165, 1.54) is 6.33 Å². The van der Waals surface area contributed by atoms with Crippen LogP contribution in [-0.4, -0.2) is 95.0 Å². The molecule has 3 unspecified atom stereocenters. The average Bonchev–Trinajstić information content (AvgIpc) is 3.00. The van der Waals surface area contributed by atoms with Crippen LogP contribution in [0.5, 0.6) is 0 Å². The van der Waals surface area contributed by atoms with Crippen molar-refractivity contribution in [1.82, 2.24) is 24.7 Å². The van der Waals surface area contributed by atoms with Gasteiger partial charge in [0.1, 0.15) is 6.33 Å². The first-order chi connectivity index (χ1) is 13.1. The number of morpholine rings is 1. The minimum atomic E-state index is -0.167. The summed E-state index contributed by atoms with van der Waals surface area (Å²) in [6.07, 6.45) is 6.59. The largest absolute Gasteiger partial charge is 0.370 e. The lowest BCUT2D eigenvalue weighted by atomic mass is 9.98. The smallest absolute Gasteiger partial charge is 0.228 e. The second-order valence-electron chi connectivity index (χ2n) is 7.81. The summed E-state index contributed by atoms with van der Waals surface area (Å²) in [5, 5.41) is 0. The number of carbonyl (C=O) groups is 2. The minimum absolute atomic E-state index is 0.0193. The molecule has 8 nitrogen and oxygen atoms in total. The van der Waals surface area contributed by atoms with Gasteiger partial charge >= 0.3 is 0 Å². The van der Waals surface area contributed by atoms with Gasteiger partial charge in [0.25, 0.3) is 0 Å². The van der Waals surface area contributed by atoms with E-state index in [4.69, 9.17) is 4.74 Å². The van der Waals surface area contributed by atoms with Crippen LogP contribution in [0, 0.1) is 5.92 Å². The van der Waals surface area contributed by atoms with Gasteiger partial charge in [0.15, 0.2) is 0 Å². The van der Waals surface area contributed by atoms with Gasteiger partial charge in [-0.25, -0.2) is 9.97 Å². The third kappa shape index (κ3) is 4.11. The van der Waals surface area contributed by atoms with E-state index in [0.717, 1.165) is 38.2 Å². The Morgan fingerprint density at radius 2 is 1.85 bits per heavy atom. The molecule has 3 fully saturated rings. The van der Waals surface area contributed by atoms with Crippen LogP contribution < -0.4 is 0 Å². The van der Waals surface area contributed by atoms with Gasteiger partial charge < -0.3 is 19.4 Å². The van der Waals surface area contributed by atoms with Gasteiger partial charge in [-0.15, -0.1) is 0 Å². The van der Waals surface area contributed by atoms with Gasteiger partial charge in [0.05, 0.1) is 18.1 Å². The lowest BCUT2D eigenvalue weighted by molar-refractivity contribution is -0.146. The zero-order valence-electron chi connectivity index (χ0n) is 15.8. The highest BCUT2D eigenvalue weighted by molar-refractivity contribution is 5.81. The maximum absolute atomic E-state index is 12.9. The Kier molecular flexibility index (Phi) is 5.36. The maximum Gasteiger partial charge on any atom is 0.228 e. The summed E-state index contributed by atoms with van der Waals surface area (Å²) in [5.74, 6) is 0.204. The van der Waals surface area contributed by atoms with E-state index in [-0.39, 0.29) is 29.9 Å². The molecule has 4 rings (SSSR count). The summed E-state index contributed by atoms with van der Waals surface area (Å²) >= 11 is 0. The molecular weight excluding hydrogens is 346 g/mol. The first-order valence-corrected chi connectivity index (χ1v) is 9.74. The monoisotopic (exact) mass is 373 g/mol. The number of amides is 2. The zero-order chi connectivity index (χ0) is 18.8. The van der Waals surface area contributed by atoms with Crippen LogP contribution in [0.2, 0.25) is 0 Å². The van der Waals surface area contributed by atoms with Gasteiger partial charge in [-0.2, -0.15) is 0 Å². The fourth-order valence-electron chi connectivity index (χ4n) is 4.25. The van der Waals surface area contributed by atoms with Crippen LogP contribution in [-0.2, 0) is 20.7 Å². The van der Waals surface area contributed by atoms with Crippen molar-refractivity contribution in [3.05, 3.63) is 24.3 Å². The fourth-order valence-corrected chi connectivity index (χ4v) is 4.25. The number of carbonyl (C=O) groups excluding carboxylic acids is 2. The molecule has 2 amide bonds. The molecule has 3 saturated heterocycles. The molecule has 0 saturated carbocycles. The fraction of sp³-hybridized carbons (Fsp3) is 0.684. The Labute approximate surface area is 159 Å². The zero-order valence-corrected chi connectivity index (χ0v) is 15.8. The second-order valence-corrected chi connectivity index (χ2v) is 7.81. The van der Waals surface area contributed by atoms with Gasteiger partial charge in [-0.05, 0) is 25.5 Å². The Morgan fingerprint density at radius 1 is 1.11 bits per heavy atom. The molecule has 3 aliphatic rings. The number of piperazine rings is 1. The summed E-state index contributed by atoms with van der Waals surface area (Å²) in [6.45, 7) is 4.51. The third-order valence-corrected chi connectivity index (χ3v) is 5.88. The molecule has 3 atom stereocenters. The quantitative estimate of drug-likeness (QED) is 0.727. The van der Waals surface area contributed by atoms with Gasteiger partial charge in [-0.3, -0.25) is 9.59 Å². The average molecular weight is 373 g/mol. The Morgan fingerprint density at radius 3 is 2.59 bits per heavy atom. The molecule has 146 valence electrons. The number of aromatic nitrogens is 2. The Balaban J connectivity index is 1.32. The molecule has 8 heteroatoms. The van der Waals surface area contributed by atoms with Crippen molar-refractivity contribution < 1.29 is 14.3 Å². The standard InChI is InChI=1S/C19H27N5O3/c1-22-4-6-23(7-5-22)19(26)16-8-15-11-24(12-17(16)27-15)18(25)3-2-14-9-20-13-21-10-14/h9-10,13,15-17H,2-8,11-12H2,1H3. The summed E-state index contributed by atoms with van der Waals surface area (Å²) in [5.41, 5.74) is 0.963. The predicted octanol–water partition coefficient (Wildman–Crippen LogP) is -0.201. The van der Waals surface area contributed by atoms with E-state index in [1.807, 2.05) is 9.80 Å². The van der Waals surface area contributed by atoms with E-state index >= 15 is 0 Å². The summed E-state index contributed by atoms with van der Waals surface area (Å²) < 4.78 is 6.01. The highest BCUT2D eigenvalue weighted by atomic mass is 16.5. The third-order valence-electron chi connectivity index (χ3n) is 5.88. The second kappa shape index (κ2) is 7.90. The number of aryl methyl sites for hydroxylation is 1. The van der Waals surface area contributed by atoms with Crippen molar-refractivity contribution in [1.29, 1.82) is 0 Å². The lowest BCUT2D eigenvalue weighted by Gasteiger charge is -2.36. The van der Waals surface area contributed by atoms with Crippen LogP contribution in [0.4, 0.5) is 0 Å². The minimum Gasteiger partial charge on any atom is -0.370 e. The summed E-state index contributed by atoms with van der Waals surface area (Å²) in [7, 11) is 2.08. The first-order valence-electron chi connectivity index (χ1n) is 9.74. The van der Waals surface area contributed by atoms with Crippen molar-refractivity contribution in [2.24, 2.45) is 5.92 Å². The van der Waals surface area contributed by atoms with Crippen molar-refractivity contribution in [3.8, 4) is 0 Å². The number of hydrogen-bond donors (Lipinski definition) is 0. The van der Waals surface area contributed by atoms with Crippen molar-refractivity contribution in [2.45, 2.75) is 31.5 Å². The van der Waals surface area contributed by atoms with Crippen molar-refractivity contribution in [2.75, 3.05) is 46.3 Å². The van der Waals surface area contributed by atoms with Crippen molar-refractivity contribution in [3.63, 3.8) is 0 Å². The molecular formula is C19H27N5O3. The molecule has 0 aliphatic carbocycles. The summed E-state index contributed by atoms with van der Waals surface area (Å²) in [4.78, 5) is 39.6. The number of likely N-dealkylation sites (N-methyl/N-ethyl adjacent to an activating group) is 1. The van der Waals surface area contributed by atoms with Crippen LogP contribution in [0.15, 0.2) is 18.7 Å². The van der Waals surface area contributed by atoms with Crippen LogP contribution >= 0.6 is 0 Å². The number of ether oxygens (including phenoxy) is 1. The number of fused-ring (bicyclic) bond motifs is 2. The van der Waals surface area contributed by atoms with Gasteiger partial charge in [-0.1, -0.05) is 0 Å². The summed E-state index contributed by atoms with van der Waals surface area (Å²) in [6, 6.07) is 0. The Bertz CT molecular complexity index is 677. The van der Waals surface area contributed by atoms with Crippen molar-refractivity contribution >= 4 is 11.8 Å². The van der Waals surface area contributed by atoms with E-state index in [0.29, 0.717) is 25.9 Å². The molecule has 0 spiro atoms. The molecule has 0 aromatic carbocycles. The van der Waals surface area contributed by atoms with Crippen LogP contribution in [0.25, 0.3) is 0 Å². The molecule has 1 aromatic rings. The Hall–Kier alpha value is -2.06. The number of nitrogens with zero attached hydrogens (tertiary/aromatic N) is 5. The van der Waals surface area contributed by atoms with Crippen LogP contribution in [0.3, 0.4) is 0 Å². The number of rotatable bonds is 4. The highest BCUT2D eigenvalue weighted by Crippen LogP contribution is 2.33. The predicted molar refractivity (Wildman–Crippen MR) is 97.8 cm³/mol. The molecule has 3 aliphatic heterocycles. The van der Waals surface area contributed by atoms with Gasteiger partial charge in [0, 0.05) is 58.1 Å². The molecule has 27 heavy (non-hydrogen) atoms. The number of likely N-dealkylation sites (tertiary alicyclic amines) is 1. The van der Waals surface area contributed by atoms with Crippen LogP contribution in [0.1, 0.15) is 18.4 Å². The molecule has 4 heterocycles.